The number of rotatable bonds is 4. The highest BCUT2D eigenvalue weighted by atomic mass is 16.2. The van der Waals surface area contributed by atoms with Gasteiger partial charge in [-0.25, -0.2) is 0 Å². The lowest BCUT2D eigenvalue weighted by molar-refractivity contribution is -0.140. The molecule has 0 spiro atoms. The van der Waals surface area contributed by atoms with Gasteiger partial charge in [-0.2, -0.15) is 10.1 Å². The summed E-state index contributed by atoms with van der Waals surface area (Å²) in [6.07, 6.45) is 6.77. The molecule has 1 saturated heterocycles. The van der Waals surface area contributed by atoms with Gasteiger partial charge in [-0.05, 0) is 62.4 Å². The van der Waals surface area contributed by atoms with Gasteiger partial charge in [0.15, 0.2) is 0 Å². The van der Waals surface area contributed by atoms with Crippen LogP contribution in [0.5, 0.6) is 0 Å². The minimum atomic E-state index is -0.215. The highest BCUT2D eigenvalue weighted by molar-refractivity contribution is 6.06. The second-order valence-corrected chi connectivity index (χ2v) is 8.81. The molecule has 0 radical (unpaired) electrons. The predicted octanol–water partition coefficient (Wildman–Crippen LogP) is 3.30. The quantitative estimate of drug-likeness (QED) is 0.448. The lowest BCUT2D eigenvalue weighted by Crippen LogP contribution is -2.28. The first-order valence-corrected chi connectivity index (χ1v) is 10.4. The zero-order valence-electron chi connectivity index (χ0n) is 17.7. The third-order valence-corrected chi connectivity index (χ3v) is 6.85. The summed E-state index contributed by atoms with van der Waals surface area (Å²) < 4.78 is 2.16. The molecule has 4 unspecified atom stereocenters. The van der Waals surface area contributed by atoms with Gasteiger partial charge in [0.05, 0.1) is 18.1 Å². The van der Waals surface area contributed by atoms with Crippen LogP contribution in [0.1, 0.15) is 23.4 Å². The molecule has 5 rings (SSSR count). The van der Waals surface area contributed by atoms with Crippen molar-refractivity contribution in [1.29, 1.82) is 0 Å². The van der Waals surface area contributed by atoms with Crippen molar-refractivity contribution in [2.45, 2.75) is 20.3 Å². The van der Waals surface area contributed by atoms with E-state index in [-0.39, 0.29) is 35.5 Å². The maximum Gasteiger partial charge on any atom is 0.254 e. The van der Waals surface area contributed by atoms with Gasteiger partial charge in [0.25, 0.3) is 11.8 Å². The van der Waals surface area contributed by atoms with Gasteiger partial charge < -0.3 is 9.47 Å². The summed E-state index contributed by atoms with van der Waals surface area (Å²) >= 11 is 0. The number of hydrogen-bond donors (Lipinski definition) is 0. The van der Waals surface area contributed by atoms with E-state index in [1.165, 1.54) is 0 Å². The van der Waals surface area contributed by atoms with Crippen LogP contribution in [0, 0.1) is 37.5 Å². The van der Waals surface area contributed by atoms with Crippen LogP contribution in [0.25, 0.3) is 5.69 Å². The molecular formula is C24H26N4O2. The summed E-state index contributed by atoms with van der Waals surface area (Å²) in [6, 6.07) is 10.4. The fraction of sp³-hybridized carbons (Fsp3) is 0.375. The Morgan fingerprint density at radius 3 is 2.17 bits per heavy atom. The number of amides is 2. The molecule has 2 heterocycles. The van der Waals surface area contributed by atoms with Gasteiger partial charge in [0, 0.05) is 42.4 Å². The van der Waals surface area contributed by atoms with Crippen molar-refractivity contribution in [1.82, 2.24) is 9.58 Å². The number of nitrogens with zero attached hydrogens (tertiary/aromatic N) is 4. The molecule has 4 atom stereocenters. The van der Waals surface area contributed by atoms with Crippen molar-refractivity contribution >= 4 is 23.7 Å². The summed E-state index contributed by atoms with van der Waals surface area (Å²) in [4.78, 5) is 27.7. The molecular weight excluding hydrogens is 376 g/mol. The SMILES string of the molecule is Cc1cc(C=NN2C(=O)C3C4C=CC(C4)C3C2=O)c(C)n1-c1ccc(N(C)C)cc1. The Balaban J connectivity index is 1.41. The smallest absolute Gasteiger partial charge is 0.254 e. The molecule has 2 fully saturated rings. The van der Waals surface area contributed by atoms with Crippen molar-refractivity contribution in [3.63, 3.8) is 0 Å². The van der Waals surface area contributed by atoms with E-state index in [0.29, 0.717) is 0 Å². The number of aryl methyl sites for hydroxylation is 1. The minimum Gasteiger partial charge on any atom is -0.378 e. The van der Waals surface area contributed by atoms with Crippen molar-refractivity contribution in [3.05, 3.63) is 59.4 Å². The molecule has 6 nitrogen and oxygen atoms in total. The third-order valence-electron chi connectivity index (χ3n) is 6.85. The van der Waals surface area contributed by atoms with Crippen LogP contribution in [0.2, 0.25) is 0 Å². The molecule has 3 aliphatic rings. The number of benzene rings is 1. The maximum absolute atomic E-state index is 12.8. The summed E-state index contributed by atoms with van der Waals surface area (Å²) in [5.74, 6) is -0.323. The molecule has 2 amide bonds. The van der Waals surface area contributed by atoms with Crippen molar-refractivity contribution in [2.75, 3.05) is 19.0 Å². The van der Waals surface area contributed by atoms with E-state index in [4.69, 9.17) is 0 Å². The predicted molar refractivity (Wildman–Crippen MR) is 117 cm³/mol. The topological polar surface area (TPSA) is 57.9 Å². The van der Waals surface area contributed by atoms with Gasteiger partial charge in [-0.1, -0.05) is 12.2 Å². The zero-order valence-corrected chi connectivity index (χ0v) is 17.7. The first-order valence-electron chi connectivity index (χ1n) is 10.4. The summed E-state index contributed by atoms with van der Waals surface area (Å²) in [6.45, 7) is 4.07. The maximum atomic E-state index is 12.8. The number of fused-ring (bicyclic) bond motifs is 5. The first-order chi connectivity index (χ1) is 14.4. The number of hydrazone groups is 1. The molecule has 6 heteroatoms. The van der Waals surface area contributed by atoms with Crippen molar-refractivity contribution in [2.24, 2.45) is 28.8 Å². The van der Waals surface area contributed by atoms with E-state index in [0.717, 1.165) is 39.8 Å². The standard InChI is InChI=1S/C24H26N4O2/c1-14-11-18(15(2)27(14)20-9-7-19(8-10-20)26(3)4)13-25-28-23(29)21-16-5-6-17(12-16)22(21)24(28)30/h5-11,13,16-17,21-22H,12H2,1-4H3. The molecule has 30 heavy (non-hydrogen) atoms. The first kappa shape index (κ1) is 18.9. The second kappa shape index (κ2) is 6.69. The summed E-state index contributed by atoms with van der Waals surface area (Å²) in [7, 11) is 4.04. The van der Waals surface area contributed by atoms with Crippen LogP contribution in [-0.2, 0) is 9.59 Å². The minimum absolute atomic E-state index is 0.147. The molecule has 1 aliphatic heterocycles. The molecule has 1 aromatic heterocycles. The number of hydrogen-bond acceptors (Lipinski definition) is 4. The average molecular weight is 402 g/mol. The molecule has 2 aromatic rings. The Morgan fingerprint density at radius 2 is 1.60 bits per heavy atom. The largest absolute Gasteiger partial charge is 0.378 e. The van der Waals surface area contributed by atoms with Crippen LogP contribution >= 0.6 is 0 Å². The van der Waals surface area contributed by atoms with E-state index in [1.807, 2.05) is 34.0 Å². The van der Waals surface area contributed by atoms with E-state index in [1.54, 1.807) is 6.21 Å². The van der Waals surface area contributed by atoms with Gasteiger partial charge in [-0.15, -0.1) is 0 Å². The molecule has 1 aromatic carbocycles. The van der Waals surface area contributed by atoms with Crippen LogP contribution in [-0.4, -0.2) is 41.7 Å². The average Bonchev–Trinajstić information content (AvgIpc) is 3.45. The Hall–Kier alpha value is -3.15. The Morgan fingerprint density at radius 1 is 1.00 bits per heavy atom. The Kier molecular flexibility index (Phi) is 4.20. The number of allylic oxidation sites excluding steroid dienone is 2. The van der Waals surface area contributed by atoms with Crippen LogP contribution in [0.4, 0.5) is 5.69 Å². The fourth-order valence-corrected chi connectivity index (χ4v) is 5.34. The van der Waals surface area contributed by atoms with Crippen LogP contribution in [0.15, 0.2) is 47.6 Å². The molecule has 2 bridgehead atoms. The molecule has 2 aliphatic carbocycles. The number of carbonyl (C=O) groups excluding carboxylic acids is 2. The van der Waals surface area contributed by atoms with Crippen LogP contribution in [0.3, 0.4) is 0 Å². The van der Waals surface area contributed by atoms with Crippen molar-refractivity contribution < 1.29 is 9.59 Å². The summed E-state index contributed by atoms with van der Waals surface area (Å²) in [5, 5.41) is 5.45. The fourth-order valence-electron chi connectivity index (χ4n) is 5.34. The number of aromatic nitrogens is 1. The molecule has 0 N–H and O–H groups in total. The van der Waals surface area contributed by atoms with Gasteiger partial charge in [0.2, 0.25) is 0 Å². The number of anilines is 1. The number of carbonyl (C=O) groups is 2. The number of imide groups is 1. The Labute approximate surface area is 176 Å². The van der Waals surface area contributed by atoms with E-state index in [9.17, 15) is 9.59 Å². The summed E-state index contributed by atoms with van der Waals surface area (Å²) in [5.41, 5.74) is 5.21. The van der Waals surface area contributed by atoms with E-state index in [2.05, 4.69) is 51.0 Å². The van der Waals surface area contributed by atoms with E-state index < -0.39 is 0 Å². The lowest BCUT2D eigenvalue weighted by atomic mass is 9.85. The van der Waals surface area contributed by atoms with Gasteiger partial charge in [-0.3, -0.25) is 9.59 Å². The highest BCUT2D eigenvalue weighted by Crippen LogP contribution is 2.52. The van der Waals surface area contributed by atoms with E-state index >= 15 is 0 Å². The molecule has 1 saturated carbocycles. The normalized spacial score (nSPS) is 27.0. The molecule has 154 valence electrons. The Bertz CT molecular complexity index is 1060. The van der Waals surface area contributed by atoms with Gasteiger partial charge in [0.1, 0.15) is 0 Å². The lowest BCUT2D eigenvalue weighted by Gasteiger charge is -2.15. The zero-order chi connectivity index (χ0) is 21.2. The monoisotopic (exact) mass is 402 g/mol. The van der Waals surface area contributed by atoms with Crippen molar-refractivity contribution in [3.8, 4) is 5.69 Å². The van der Waals surface area contributed by atoms with Gasteiger partial charge >= 0.3 is 0 Å². The second-order valence-electron chi connectivity index (χ2n) is 8.81. The highest BCUT2D eigenvalue weighted by Gasteiger charge is 2.59. The van der Waals surface area contributed by atoms with Crippen LogP contribution < -0.4 is 4.90 Å². The third kappa shape index (κ3) is 2.66.